The molecule has 2 amide bonds. The van der Waals surface area contributed by atoms with Gasteiger partial charge in [0, 0.05) is 17.5 Å². The van der Waals surface area contributed by atoms with Crippen LogP contribution >= 0.6 is 11.3 Å². The zero-order valence-corrected chi connectivity index (χ0v) is 15.4. The van der Waals surface area contributed by atoms with Crippen LogP contribution in [0.5, 0.6) is 0 Å². The number of rotatable bonds is 4. The molecule has 0 saturated heterocycles. The van der Waals surface area contributed by atoms with Crippen LogP contribution < -0.4 is 10.6 Å². The van der Waals surface area contributed by atoms with Gasteiger partial charge in [-0.05, 0) is 37.5 Å². The third-order valence-electron chi connectivity index (χ3n) is 3.95. The van der Waals surface area contributed by atoms with Crippen molar-refractivity contribution >= 4 is 22.5 Å². The molecular weight excluding hydrogens is 330 g/mol. The van der Waals surface area contributed by atoms with Gasteiger partial charge in [0.2, 0.25) is 0 Å². The standard InChI is InChI=1S/C20H21N3OS/c1-13-9-14(2)18(15(3)10-13)17-12-25-20(22-17)23-19(24)21-11-16-7-5-4-6-8-16/h4-10,12H,11H2,1-3H3,(H2,21,22,23,24). The van der Waals surface area contributed by atoms with Crippen molar-refractivity contribution in [3.05, 3.63) is 70.1 Å². The number of nitrogens with one attached hydrogen (secondary N) is 2. The van der Waals surface area contributed by atoms with E-state index in [9.17, 15) is 4.79 Å². The van der Waals surface area contributed by atoms with Gasteiger partial charge in [0.1, 0.15) is 0 Å². The molecule has 1 heterocycles. The van der Waals surface area contributed by atoms with Crippen molar-refractivity contribution in [3.8, 4) is 11.3 Å². The Balaban J connectivity index is 1.67. The minimum absolute atomic E-state index is 0.248. The summed E-state index contributed by atoms with van der Waals surface area (Å²) in [5.74, 6) is 0. The molecule has 0 aliphatic heterocycles. The molecule has 128 valence electrons. The van der Waals surface area contributed by atoms with Crippen LogP contribution in [-0.2, 0) is 6.54 Å². The Morgan fingerprint density at radius 2 is 1.76 bits per heavy atom. The van der Waals surface area contributed by atoms with E-state index in [2.05, 4.69) is 48.5 Å². The van der Waals surface area contributed by atoms with Crippen LogP contribution in [0, 0.1) is 20.8 Å². The highest BCUT2D eigenvalue weighted by molar-refractivity contribution is 7.14. The van der Waals surface area contributed by atoms with Crippen molar-refractivity contribution in [1.29, 1.82) is 0 Å². The normalized spacial score (nSPS) is 10.5. The summed E-state index contributed by atoms with van der Waals surface area (Å²) in [5.41, 5.74) is 6.74. The van der Waals surface area contributed by atoms with Crippen molar-refractivity contribution in [2.45, 2.75) is 27.3 Å². The van der Waals surface area contributed by atoms with E-state index in [1.54, 1.807) is 0 Å². The molecule has 3 rings (SSSR count). The van der Waals surface area contributed by atoms with Gasteiger partial charge in [-0.25, -0.2) is 9.78 Å². The summed E-state index contributed by atoms with van der Waals surface area (Å²) >= 11 is 1.43. The van der Waals surface area contributed by atoms with Gasteiger partial charge < -0.3 is 5.32 Å². The Morgan fingerprint density at radius 3 is 2.44 bits per heavy atom. The van der Waals surface area contributed by atoms with E-state index in [1.165, 1.54) is 28.0 Å². The van der Waals surface area contributed by atoms with Crippen molar-refractivity contribution < 1.29 is 4.79 Å². The van der Waals surface area contributed by atoms with Gasteiger partial charge in [-0.3, -0.25) is 5.32 Å². The number of hydrogen-bond acceptors (Lipinski definition) is 3. The number of hydrogen-bond donors (Lipinski definition) is 2. The molecule has 2 N–H and O–H groups in total. The van der Waals surface area contributed by atoms with Crippen molar-refractivity contribution in [2.75, 3.05) is 5.32 Å². The maximum atomic E-state index is 12.1. The minimum atomic E-state index is -0.248. The Kier molecular flexibility index (Phi) is 5.14. The average Bonchev–Trinajstić information content (AvgIpc) is 3.01. The summed E-state index contributed by atoms with van der Waals surface area (Å²) < 4.78 is 0. The van der Waals surface area contributed by atoms with Gasteiger partial charge in [-0.1, -0.05) is 48.0 Å². The maximum Gasteiger partial charge on any atom is 0.321 e. The average molecular weight is 351 g/mol. The molecule has 0 aliphatic carbocycles. The van der Waals surface area contributed by atoms with Crippen LogP contribution in [-0.4, -0.2) is 11.0 Å². The first kappa shape index (κ1) is 17.2. The lowest BCUT2D eigenvalue weighted by molar-refractivity contribution is 0.251. The number of aromatic nitrogens is 1. The second-order valence-electron chi connectivity index (χ2n) is 6.10. The lowest BCUT2D eigenvalue weighted by Gasteiger charge is -2.09. The van der Waals surface area contributed by atoms with Crippen LogP contribution in [0.25, 0.3) is 11.3 Å². The van der Waals surface area contributed by atoms with E-state index in [4.69, 9.17) is 0 Å². The Bertz CT molecular complexity index is 864. The number of aryl methyl sites for hydroxylation is 3. The molecule has 0 radical (unpaired) electrons. The smallest absolute Gasteiger partial charge is 0.321 e. The molecule has 0 bridgehead atoms. The molecule has 0 aliphatic rings. The highest BCUT2D eigenvalue weighted by Gasteiger charge is 2.12. The maximum absolute atomic E-state index is 12.1. The first-order valence-electron chi connectivity index (χ1n) is 8.15. The summed E-state index contributed by atoms with van der Waals surface area (Å²) in [6, 6.07) is 13.9. The van der Waals surface area contributed by atoms with Crippen molar-refractivity contribution in [2.24, 2.45) is 0 Å². The van der Waals surface area contributed by atoms with Crippen molar-refractivity contribution in [1.82, 2.24) is 10.3 Å². The molecule has 3 aromatic rings. The van der Waals surface area contributed by atoms with Gasteiger partial charge in [-0.15, -0.1) is 11.3 Å². The molecule has 0 spiro atoms. The zero-order valence-electron chi connectivity index (χ0n) is 14.6. The number of benzene rings is 2. The molecule has 1 aromatic heterocycles. The van der Waals surface area contributed by atoms with Crippen LogP contribution in [0.2, 0.25) is 0 Å². The topological polar surface area (TPSA) is 54.0 Å². The van der Waals surface area contributed by atoms with Crippen LogP contribution in [0.1, 0.15) is 22.3 Å². The Morgan fingerprint density at radius 1 is 1.08 bits per heavy atom. The van der Waals surface area contributed by atoms with E-state index in [-0.39, 0.29) is 6.03 Å². The summed E-state index contributed by atoms with van der Waals surface area (Å²) in [6.07, 6.45) is 0. The van der Waals surface area contributed by atoms with Crippen LogP contribution in [0.3, 0.4) is 0 Å². The zero-order chi connectivity index (χ0) is 17.8. The predicted molar refractivity (Wildman–Crippen MR) is 104 cm³/mol. The lowest BCUT2D eigenvalue weighted by Crippen LogP contribution is -2.28. The third kappa shape index (κ3) is 4.25. The summed E-state index contributed by atoms with van der Waals surface area (Å²) in [6.45, 7) is 6.76. The number of thiazole rings is 1. The molecule has 0 saturated carbocycles. The second-order valence-corrected chi connectivity index (χ2v) is 6.96. The first-order valence-corrected chi connectivity index (χ1v) is 9.03. The molecule has 0 unspecified atom stereocenters. The van der Waals surface area contributed by atoms with E-state index in [1.807, 2.05) is 35.7 Å². The first-order chi connectivity index (χ1) is 12.0. The van der Waals surface area contributed by atoms with Gasteiger partial charge >= 0.3 is 6.03 Å². The number of carbonyl (C=O) groups is 1. The summed E-state index contributed by atoms with van der Waals surface area (Å²) in [4.78, 5) is 16.6. The van der Waals surface area contributed by atoms with E-state index in [0.717, 1.165) is 16.8 Å². The number of anilines is 1. The lowest BCUT2D eigenvalue weighted by atomic mass is 9.98. The van der Waals surface area contributed by atoms with E-state index in [0.29, 0.717) is 11.7 Å². The van der Waals surface area contributed by atoms with Gasteiger partial charge in [0.25, 0.3) is 0 Å². The highest BCUT2D eigenvalue weighted by Crippen LogP contribution is 2.30. The molecule has 2 aromatic carbocycles. The van der Waals surface area contributed by atoms with E-state index < -0.39 is 0 Å². The molecule has 25 heavy (non-hydrogen) atoms. The number of amides is 2. The fourth-order valence-corrected chi connectivity index (χ4v) is 3.65. The quantitative estimate of drug-likeness (QED) is 0.690. The summed E-state index contributed by atoms with van der Waals surface area (Å²) in [5, 5.41) is 8.23. The van der Waals surface area contributed by atoms with Gasteiger partial charge in [0.15, 0.2) is 5.13 Å². The van der Waals surface area contributed by atoms with Crippen molar-refractivity contribution in [3.63, 3.8) is 0 Å². The van der Waals surface area contributed by atoms with Crippen LogP contribution in [0.15, 0.2) is 47.8 Å². The molecule has 0 atom stereocenters. The predicted octanol–water partition coefficient (Wildman–Crippen LogP) is 5.06. The second kappa shape index (κ2) is 7.49. The Hall–Kier alpha value is -2.66. The minimum Gasteiger partial charge on any atom is -0.334 e. The van der Waals surface area contributed by atoms with Crippen LogP contribution in [0.4, 0.5) is 9.93 Å². The SMILES string of the molecule is Cc1cc(C)c(-c2csc(NC(=O)NCc3ccccc3)n2)c(C)c1. The number of nitrogens with zero attached hydrogens (tertiary/aromatic N) is 1. The number of urea groups is 1. The molecule has 5 heteroatoms. The molecular formula is C20H21N3OS. The molecule has 4 nitrogen and oxygen atoms in total. The Labute approximate surface area is 151 Å². The monoisotopic (exact) mass is 351 g/mol. The fraction of sp³-hybridized carbons (Fsp3) is 0.200. The van der Waals surface area contributed by atoms with Gasteiger partial charge in [-0.2, -0.15) is 0 Å². The van der Waals surface area contributed by atoms with E-state index >= 15 is 0 Å². The fourth-order valence-electron chi connectivity index (χ4n) is 2.95. The molecule has 0 fully saturated rings. The third-order valence-corrected chi connectivity index (χ3v) is 4.71. The number of carbonyl (C=O) groups excluding carboxylic acids is 1. The largest absolute Gasteiger partial charge is 0.334 e. The highest BCUT2D eigenvalue weighted by atomic mass is 32.1. The summed E-state index contributed by atoms with van der Waals surface area (Å²) in [7, 11) is 0. The van der Waals surface area contributed by atoms with Gasteiger partial charge in [0.05, 0.1) is 5.69 Å².